The first-order chi connectivity index (χ1) is 12.7. The van der Waals surface area contributed by atoms with Gasteiger partial charge >= 0.3 is 0 Å². The maximum Gasteiger partial charge on any atom is 0.270 e. The van der Waals surface area contributed by atoms with Crippen molar-refractivity contribution < 1.29 is 9.59 Å². The molecule has 0 saturated carbocycles. The molecule has 1 aliphatic rings. The summed E-state index contributed by atoms with van der Waals surface area (Å²) in [6.07, 6.45) is 1.59. The maximum atomic E-state index is 13.1. The molecule has 4 nitrogen and oxygen atoms in total. The van der Waals surface area contributed by atoms with Gasteiger partial charge in [-0.05, 0) is 67.9 Å². The Bertz CT molecular complexity index is 1010. The van der Waals surface area contributed by atoms with Crippen LogP contribution in [0.25, 0.3) is 6.08 Å². The minimum absolute atomic E-state index is 0.0188. The van der Waals surface area contributed by atoms with Crippen molar-refractivity contribution >= 4 is 64.1 Å². The zero-order valence-corrected chi connectivity index (χ0v) is 17.2. The molecule has 1 heterocycles. The van der Waals surface area contributed by atoms with Crippen molar-refractivity contribution in [2.75, 3.05) is 4.90 Å². The molecule has 3 rings (SSSR count). The Morgan fingerprint density at radius 2 is 1.70 bits per heavy atom. The molecule has 0 radical (unpaired) electrons. The molecule has 2 amide bonds. The van der Waals surface area contributed by atoms with Gasteiger partial charge in [-0.15, -0.1) is 0 Å². The summed E-state index contributed by atoms with van der Waals surface area (Å²) in [5.74, 6) is -1.09. The Kier molecular flexibility index (Phi) is 5.38. The van der Waals surface area contributed by atoms with Crippen molar-refractivity contribution in [3.8, 4) is 0 Å². The Labute approximate surface area is 172 Å². The monoisotopic (exact) mass is 418 g/mol. The Balaban J connectivity index is 2.12. The Hall–Kier alpha value is -2.21. The minimum atomic E-state index is -0.549. The number of anilines is 1. The number of carbonyl (C=O) groups excluding carboxylic acids is 2. The van der Waals surface area contributed by atoms with Gasteiger partial charge in [-0.2, -0.15) is 0 Å². The number of benzene rings is 2. The first-order valence-electron chi connectivity index (χ1n) is 8.14. The van der Waals surface area contributed by atoms with Crippen LogP contribution in [0.1, 0.15) is 22.3 Å². The predicted molar refractivity (Wildman–Crippen MR) is 113 cm³/mol. The molecule has 27 heavy (non-hydrogen) atoms. The van der Waals surface area contributed by atoms with Crippen molar-refractivity contribution in [1.29, 1.82) is 0 Å². The highest BCUT2D eigenvalue weighted by atomic mass is 35.5. The molecule has 0 bridgehead atoms. The molecule has 2 aromatic carbocycles. The summed E-state index contributed by atoms with van der Waals surface area (Å²) in [6, 6.07) is 8.89. The molecule has 0 atom stereocenters. The first-order valence-corrected chi connectivity index (χ1v) is 9.30. The zero-order chi connectivity index (χ0) is 19.9. The lowest BCUT2D eigenvalue weighted by Crippen LogP contribution is -2.54. The van der Waals surface area contributed by atoms with E-state index in [1.165, 1.54) is 4.90 Å². The van der Waals surface area contributed by atoms with Gasteiger partial charge in [0, 0.05) is 0 Å². The van der Waals surface area contributed by atoms with E-state index in [9.17, 15) is 9.59 Å². The van der Waals surface area contributed by atoms with Crippen LogP contribution in [0.2, 0.25) is 10.0 Å². The van der Waals surface area contributed by atoms with E-state index in [0.29, 0.717) is 5.69 Å². The predicted octanol–water partition coefficient (Wildman–Crippen LogP) is 4.75. The molecule has 7 heteroatoms. The van der Waals surface area contributed by atoms with Crippen molar-refractivity contribution in [3.63, 3.8) is 0 Å². The molecule has 0 aliphatic carbocycles. The average Bonchev–Trinajstić information content (AvgIpc) is 2.57. The quantitative estimate of drug-likeness (QED) is 0.434. The van der Waals surface area contributed by atoms with Gasteiger partial charge in [0.2, 0.25) is 0 Å². The highest BCUT2D eigenvalue weighted by molar-refractivity contribution is 7.80. The van der Waals surface area contributed by atoms with E-state index in [-0.39, 0.29) is 20.7 Å². The number of nitrogens with one attached hydrogen (secondary N) is 1. The number of amides is 2. The van der Waals surface area contributed by atoms with Crippen molar-refractivity contribution in [2.24, 2.45) is 0 Å². The fraction of sp³-hybridized carbons (Fsp3) is 0.150. The number of carbonyl (C=O) groups is 2. The van der Waals surface area contributed by atoms with Crippen LogP contribution in [0, 0.1) is 20.8 Å². The molecule has 0 unspecified atom stereocenters. The van der Waals surface area contributed by atoms with Crippen LogP contribution in [0.3, 0.4) is 0 Å². The summed E-state index contributed by atoms with van der Waals surface area (Å²) < 4.78 is 0. The second-order valence-corrected chi connectivity index (χ2v) is 7.52. The van der Waals surface area contributed by atoms with Gasteiger partial charge in [0.1, 0.15) is 5.57 Å². The van der Waals surface area contributed by atoms with Crippen LogP contribution < -0.4 is 10.2 Å². The molecule has 0 aromatic heterocycles. The van der Waals surface area contributed by atoms with Crippen molar-refractivity contribution in [2.45, 2.75) is 20.8 Å². The van der Waals surface area contributed by atoms with Gasteiger partial charge in [0.25, 0.3) is 11.8 Å². The smallest absolute Gasteiger partial charge is 0.270 e. The van der Waals surface area contributed by atoms with Gasteiger partial charge in [-0.1, -0.05) is 47.0 Å². The number of halogens is 2. The van der Waals surface area contributed by atoms with Crippen LogP contribution in [0.4, 0.5) is 5.69 Å². The van der Waals surface area contributed by atoms with Gasteiger partial charge in [0.05, 0.1) is 15.7 Å². The van der Waals surface area contributed by atoms with Gasteiger partial charge in [0.15, 0.2) is 5.11 Å². The third kappa shape index (κ3) is 3.63. The minimum Gasteiger partial charge on any atom is -0.298 e. The lowest BCUT2D eigenvalue weighted by molar-refractivity contribution is -0.122. The number of hydrogen-bond donors (Lipinski definition) is 1. The zero-order valence-electron chi connectivity index (χ0n) is 14.9. The van der Waals surface area contributed by atoms with E-state index >= 15 is 0 Å². The highest BCUT2D eigenvalue weighted by Crippen LogP contribution is 2.34. The van der Waals surface area contributed by atoms with E-state index in [1.54, 1.807) is 24.3 Å². The van der Waals surface area contributed by atoms with E-state index in [2.05, 4.69) is 5.32 Å². The molecule has 138 valence electrons. The van der Waals surface area contributed by atoms with Crippen LogP contribution in [-0.2, 0) is 9.59 Å². The number of nitrogens with zero attached hydrogens (tertiary/aromatic N) is 1. The number of thiocarbonyl (C=S) groups is 1. The standard InChI is InChI=1S/C20H16Cl2N2O2S/c1-10-7-11(2)13(12(3)8-10)9-14-18(25)23-20(27)24(19(14)26)16-6-4-5-15(21)17(16)22/h4-9H,1-3H3,(H,23,25,27)/b14-9+. The molecule has 1 N–H and O–H groups in total. The van der Waals surface area contributed by atoms with Crippen molar-refractivity contribution in [3.05, 3.63) is 68.2 Å². The molecular formula is C20H16Cl2N2O2S. The Morgan fingerprint density at radius 3 is 2.33 bits per heavy atom. The van der Waals surface area contributed by atoms with Gasteiger partial charge in [-0.25, -0.2) is 0 Å². The summed E-state index contributed by atoms with van der Waals surface area (Å²) >= 11 is 17.5. The summed E-state index contributed by atoms with van der Waals surface area (Å²) in [7, 11) is 0. The molecular weight excluding hydrogens is 403 g/mol. The maximum absolute atomic E-state index is 13.1. The summed E-state index contributed by atoms with van der Waals surface area (Å²) in [5, 5.41) is 2.99. The average molecular weight is 419 g/mol. The lowest BCUT2D eigenvalue weighted by Gasteiger charge is -2.29. The third-order valence-corrected chi connectivity index (χ3v) is 5.39. The first kappa shape index (κ1) is 19.5. The van der Waals surface area contributed by atoms with E-state index in [4.69, 9.17) is 35.4 Å². The normalized spacial score (nSPS) is 16.1. The topological polar surface area (TPSA) is 49.4 Å². The second kappa shape index (κ2) is 7.43. The van der Waals surface area contributed by atoms with Crippen LogP contribution in [-0.4, -0.2) is 16.9 Å². The fourth-order valence-corrected chi connectivity index (χ4v) is 3.76. The number of aryl methyl sites for hydroxylation is 3. The summed E-state index contributed by atoms with van der Waals surface area (Å²) in [6.45, 7) is 5.87. The molecule has 0 spiro atoms. The highest BCUT2D eigenvalue weighted by Gasteiger charge is 2.35. The lowest BCUT2D eigenvalue weighted by atomic mass is 9.97. The van der Waals surface area contributed by atoms with Gasteiger partial charge in [-0.3, -0.25) is 19.8 Å². The van der Waals surface area contributed by atoms with E-state index < -0.39 is 11.8 Å². The number of hydrogen-bond acceptors (Lipinski definition) is 3. The molecule has 1 aliphatic heterocycles. The van der Waals surface area contributed by atoms with E-state index in [0.717, 1.165) is 22.3 Å². The van der Waals surface area contributed by atoms with Crippen LogP contribution >= 0.6 is 35.4 Å². The molecule has 1 fully saturated rings. The number of rotatable bonds is 2. The van der Waals surface area contributed by atoms with Gasteiger partial charge < -0.3 is 0 Å². The summed E-state index contributed by atoms with van der Waals surface area (Å²) in [5.41, 5.74) is 4.18. The largest absolute Gasteiger partial charge is 0.298 e. The fourth-order valence-electron chi connectivity index (χ4n) is 3.10. The second-order valence-electron chi connectivity index (χ2n) is 6.34. The van der Waals surface area contributed by atoms with E-state index in [1.807, 2.05) is 32.9 Å². The summed E-state index contributed by atoms with van der Waals surface area (Å²) in [4.78, 5) is 26.8. The molecule has 2 aromatic rings. The SMILES string of the molecule is Cc1cc(C)c(/C=C2\C(=O)NC(=S)N(c3cccc(Cl)c3Cl)C2=O)c(C)c1. The van der Waals surface area contributed by atoms with Crippen molar-refractivity contribution in [1.82, 2.24) is 5.32 Å². The Morgan fingerprint density at radius 1 is 1.07 bits per heavy atom. The van der Waals surface area contributed by atoms with Crippen LogP contribution in [0.5, 0.6) is 0 Å². The third-order valence-electron chi connectivity index (χ3n) is 4.30. The van der Waals surface area contributed by atoms with Crippen LogP contribution in [0.15, 0.2) is 35.9 Å². The molecule has 1 saturated heterocycles.